The standard InChI is InChI=1S/C25H16F3N3O7/c1-37-17-8-6-16(7-9-17)30-23(33)19(22(32)29-24(30)34)12-14-3-2-4-18(11-14)38-21-10-5-15(25(26,27)28)13-20(21)31(35)36/h2-13H,1H3,(H,29,32,34)/b19-12-. The van der Waals surface area contributed by atoms with Gasteiger partial charge in [-0.2, -0.15) is 13.2 Å². The van der Waals surface area contributed by atoms with E-state index >= 15 is 0 Å². The highest BCUT2D eigenvalue weighted by Crippen LogP contribution is 2.38. The Morgan fingerprint density at radius 3 is 2.32 bits per heavy atom. The van der Waals surface area contributed by atoms with Crippen molar-refractivity contribution in [3.8, 4) is 17.2 Å². The van der Waals surface area contributed by atoms with Crippen molar-refractivity contribution in [1.82, 2.24) is 5.32 Å². The molecule has 0 saturated carbocycles. The number of imide groups is 2. The van der Waals surface area contributed by atoms with Gasteiger partial charge in [0.2, 0.25) is 5.75 Å². The van der Waals surface area contributed by atoms with Gasteiger partial charge in [-0.15, -0.1) is 0 Å². The first kappa shape index (κ1) is 25.9. The molecule has 1 aliphatic heterocycles. The number of urea groups is 1. The van der Waals surface area contributed by atoms with Gasteiger partial charge in [0.1, 0.15) is 17.1 Å². The van der Waals surface area contributed by atoms with Gasteiger partial charge in [0, 0.05) is 6.07 Å². The van der Waals surface area contributed by atoms with Gasteiger partial charge in [0.05, 0.1) is 23.3 Å². The van der Waals surface area contributed by atoms with Crippen molar-refractivity contribution >= 4 is 35.3 Å². The zero-order valence-corrected chi connectivity index (χ0v) is 19.3. The molecular weight excluding hydrogens is 511 g/mol. The van der Waals surface area contributed by atoms with E-state index in [0.29, 0.717) is 17.9 Å². The molecule has 1 N–H and O–H groups in total. The maximum Gasteiger partial charge on any atom is 0.416 e. The number of nitro groups is 1. The molecule has 194 valence electrons. The van der Waals surface area contributed by atoms with Crippen molar-refractivity contribution in [3.63, 3.8) is 0 Å². The van der Waals surface area contributed by atoms with Crippen molar-refractivity contribution in [2.75, 3.05) is 12.0 Å². The molecule has 0 spiro atoms. The van der Waals surface area contributed by atoms with E-state index in [1.165, 1.54) is 61.7 Å². The van der Waals surface area contributed by atoms with Crippen molar-refractivity contribution in [2.24, 2.45) is 0 Å². The van der Waals surface area contributed by atoms with E-state index in [9.17, 15) is 37.7 Å². The number of barbiturate groups is 1. The van der Waals surface area contributed by atoms with Crippen molar-refractivity contribution < 1.29 is 42.0 Å². The van der Waals surface area contributed by atoms with Gasteiger partial charge in [-0.3, -0.25) is 25.0 Å². The molecule has 3 aromatic rings. The minimum Gasteiger partial charge on any atom is -0.497 e. The number of nitro benzene ring substituents is 1. The molecule has 4 amide bonds. The molecule has 0 atom stereocenters. The van der Waals surface area contributed by atoms with Crippen LogP contribution in [0, 0.1) is 10.1 Å². The lowest BCUT2D eigenvalue weighted by molar-refractivity contribution is -0.385. The number of nitrogens with zero attached hydrogens (tertiary/aromatic N) is 2. The monoisotopic (exact) mass is 527 g/mol. The normalized spacial score (nSPS) is 14.9. The molecule has 1 saturated heterocycles. The minimum absolute atomic E-state index is 0.0195. The van der Waals surface area contributed by atoms with E-state index in [0.717, 1.165) is 11.0 Å². The molecule has 10 nitrogen and oxygen atoms in total. The van der Waals surface area contributed by atoms with Crippen LogP contribution in [0.15, 0.2) is 72.3 Å². The van der Waals surface area contributed by atoms with E-state index in [-0.39, 0.29) is 17.0 Å². The first-order valence-corrected chi connectivity index (χ1v) is 10.7. The van der Waals surface area contributed by atoms with E-state index in [4.69, 9.17) is 9.47 Å². The average molecular weight is 527 g/mol. The molecular formula is C25H16F3N3O7. The van der Waals surface area contributed by atoms with Crippen LogP contribution in [0.2, 0.25) is 0 Å². The fraction of sp³-hybridized carbons (Fsp3) is 0.0800. The Morgan fingerprint density at radius 2 is 1.68 bits per heavy atom. The number of hydrogen-bond acceptors (Lipinski definition) is 7. The lowest BCUT2D eigenvalue weighted by atomic mass is 10.1. The molecule has 38 heavy (non-hydrogen) atoms. The maximum absolute atomic E-state index is 13.1. The summed E-state index contributed by atoms with van der Waals surface area (Å²) < 4.78 is 49.4. The summed E-state index contributed by atoms with van der Waals surface area (Å²) in [6.07, 6.45) is -3.61. The summed E-state index contributed by atoms with van der Waals surface area (Å²) in [4.78, 5) is 49.0. The molecule has 1 fully saturated rings. The van der Waals surface area contributed by atoms with Crippen molar-refractivity contribution in [1.29, 1.82) is 0 Å². The summed E-state index contributed by atoms with van der Waals surface area (Å²) in [6, 6.07) is 12.4. The predicted molar refractivity (Wildman–Crippen MR) is 127 cm³/mol. The maximum atomic E-state index is 13.1. The number of amides is 4. The fourth-order valence-electron chi connectivity index (χ4n) is 3.51. The largest absolute Gasteiger partial charge is 0.497 e. The zero-order chi connectivity index (χ0) is 27.6. The van der Waals surface area contributed by atoms with E-state index < -0.39 is 51.5 Å². The molecule has 0 unspecified atom stereocenters. The summed E-state index contributed by atoms with van der Waals surface area (Å²) in [5.41, 5.74) is -2.09. The van der Waals surface area contributed by atoms with Gasteiger partial charge in [-0.05, 0) is 60.2 Å². The quantitative estimate of drug-likeness (QED) is 0.205. The number of anilines is 1. The van der Waals surface area contributed by atoms with E-state index in [1.54, 1.807) is 0 Å². The molecule has 3 aromatic carbocycles. The van der Waals surface area contributed by atoms with Crippen LogP contribution in [0.1, 0.15) is 11.1 Å². The molecule has 0 radical (unpaired) electrons. The highest BCUT2D eigenvalue weighted by Gasteiger charge is 2.37. The van der Waals surface area contributed by atoms with Crippen LogP contribution >= 0.6 is 0 Å². The Hall–Kier alpha value is -5.20. The topological polar surface area (TPSA) is 128 Å². The SMILES string of the molecule is COc1ccc(N2C(=O)NC(=O)/C(=C/c3cccc(Oc4ccc(C(F)(F)F)cc4[N+](=O)[O-])c3)C2=O)cc1. The lowest BCUT2D eigenvalue weighted by Gasteiger charge is -2.26. The molecule has 4 rings (SSSR count). The van der Waals surface area contributed by atoms with Gasteiger partial charge < -0.3 is 9.47 Å². The van der Waals surface area contributed by atoms with Crippen LogP contribution in [-0.4, -0.2) is 29.9 Å². The summed E-state index contributed by atoms with van der Waals surface area (Å²) >= 11 is 0. The number of methoxy groups -OCH3 is 1. The Bertz CT molecular complexity index is 1480. The highest BCUT2D eigenvalue weighted by atomic mass is 19.4. The molecule has 0 aromatic heterocycles. The predicted octanol–water partition coefficient (Wildman–Crippen LogP) is 5.08. The second-order valence-electron chi connectivity index (χ2n) is 7.77. The number of ether oxygens (including phenoxy) is 2. The molecule has 0 aliphatic carbocycles. The van der Waals surface area contributed by atoms with Gasteiger partial charge >= 0.3 is 17.9 Å². The molecule has 1 heterocycles. The smallest absolute Gasteiger partial charge is 0.416 e. The van der Waals surface area contributed by atoms with Crippen LogP contribution in [0.25, 0.3) is 6.08 Å². The lowest BCUT2D eigenvalue weighted by Crippen LogP contribution is -2.54. The number of carbonyl (C=O) groups is 3. The highest BCUT2D eigenvalue weighted by molar-refractivity contribution is 6.39. The Labute approximate surface area is 212 Å². The Morgan fingerprint density at radius 1 is 0.974 bits per heavy atom. The molecule has 13 heteroatoms. The summed E-state index contributed by atoms with van der Waals surface area (Å²) in [6.45, 7) is 0. The van der Waals surface area contributed by atoms with Crippen LogP contribution in [0.4, 0.5) is 29.3 Å². The third-order valence-corrected chi connectivity index (χ3v) is 5.31. The summed E-state index contributed by atoms with van der Waals surface area (Å²) in [5, 5.41) is 13.4. The number of alkyl halides is 3. The van der Waals surface area contributed by atoms with Gasteiger partial charge in [-0.1, -0.05) is 12.1 Å². The third kappa shape index (κ3) is 5.31. The van der Waals surface area contributed by atoms with Gasteiger partial charge in [0.25, 0.3) is 11.8 Å². The average Bonchev–Trinajstić information content (AvgIpc) is 2.86. The summed E-state index contributed by atoms with van der Waals surface area (Å²) in [5.74, 6) is -1.84. The number of carbonyl (C=O) groups excluding carboxylic acids is 3. The number of rotatable bonds is 6. The van der Waals surface area contributed by atoms with Crippen molar-refractivity contribution in [3.05, 3.63) is 93.5 Å². The van der Waals surface area contributed by atoms with Gasteiger partial charge in [-0.25, -0.2) is 9.69 Å². The number of benzene rings is 3. The second kappa shape index (κ2) is 10.0. The Kier molecular flexibility index (Phi) is 6.84. The number of nitrogens with one attached hydrogen (secondary N) is 1. The number of hydrogen-bond donors (Lipinski definition) is 1. The fourth-order valence-corrected chi connectivity index (χ4v) is 3.51. The first-order chi connectivity index (χ1) is 18.0. The minimum atomic E-state index is -4.79. The van der Waals surface area contributed by atoms with E-state index in [2.05, 4.69) is 5.32 Å². The van der Waals surface area contributed by atoms with Crippen LogP contribution < -0.4 is 19.7 Å². The Balaban J connectivity index is 1.64. The van der Waals surface area contributed by atoms with E-state index in [1.807, 2.05) is 0 Å². The third-order valence-electron chi connectivity index (χ3n) is 5.31. The number of halogens is 3. The second-order valence-corrected chi connectivity index (χ2v) is 7.77. The van der Waals surface area contributed by atoms with Crippen LogP contribution in [-0.2, 0) is 15.8 Å². The molecule has 0 bridgehead atoms. The van der Waals surface area contributed by atoms with Crippen LogP contribution in [0.5, 0.6) is 17.2 Å². The van der Waals surface area contributed by atoms with Gasteiger partial charge in [0.15, 0.2) is 0 Å². The molecule has 1 aliphatic rings. The summed E-state index contributed by atoms with van der Waals surface area (Å²) in [7, 11) is 1.45. The first-order valence-electron chi connectivity index (χ1n) is 10.7. The van der Waals surface area contributed by atoms with Crippen LogP contribution in [0.3, 0.4) is 0 Å². The van der Waals surface area contributed by atoms with Crippen molar-refractivity contribution in [2.45, 2.75) is 6.18 Å². The zero-order valence-electron chi connectivity index (χ0n) is 19.3.